The Kier molecular flexibility index (Phi) is 3.46. The van der Waals surface area contributed by atoms with Crippen molar-refractivity contribution in [1.29, 1.82) is 0 Å². The number of nitro groups is 1. The Morgan fingerprint density at radius 1 is 1.38 bits per heavy atom. The van der Waals surface area contributed by atoms with Gasteiger partial charge in [0.25, 0.3) is 0 Å². The minimum absolute atomic E-state index is 0.0322. The van der Waals surface area contributed by atoms with Crippen molar-refractivity contribution >= 4 is 22.4 Å². The molecule has 1 fully saturated rings. The topological polar surface area (TPSA) is 88.5 Å². The summed E-state index contributed by atoms with van der Waals surface area (Å²) in [6.45, 7) is 1.99. The summed E-state index contributed by atoms with van der Waals surface area (Å²) in [7, 11) is 3.99. The molecule has 1 aromatic carbocycles. The number of hydrogen-bond donors (Lipinski definition) is 0. The number of fused-ring (bicyclic) bond motifs is 1. The highest BCUT2D eigenvalue weighted by atomic mass is 16.6. The van der Waals surface area contributed by atoms with Gasteiger partial charge in [-0.2, -0.15) is 0 Å². The van der Waals surface area contributed by atoms with E-state index in [0.717, 1.165) is 25.9 Å². The fourth-order valence-electron chi connectivity index (χ4n) is 2.87. The van der Waals surface area contributed by atoms with Crippen molar-refractivity contribution in [2.75, 3.05) is 32.1 Å². The SMILES string of the molecule is CN1CCC(N(C)c2ccc3nonc3c2[N+](=O)[O-])CC1. The van der Waals surface area contributed by atoms with E-state index in [1.54, 1.807) is 12.1 Å². The lowest BCUT2D eigenvalue weighted by atomic mass is 10.0. The van der Waals surface area contributed by atoms with E-state index in [2.05, 4.69) is 26.9 Å². The zero-order valence-electron chi connectivity index (χ0n) is 12.0. The summed E-state index contributed by atoms with van der Waals surface area (Å²) < 4.78 is 4.62. The molecular formula is C13H17N5O3. The number of anilines is 1. The van der Waals surface area contributed by atoms with Crippen LogP contribution in [0.4, 0.5) is 11.4 Å². The standard InChI is InChI=1S/C13H17N5O3/c1-16-7-5-9(6-8-16)17(2)11-4-3-10-12(15-21-14-10)13(11)18(19)20/h3-4,9H,5-8H2,1-2H3. The van der Waals surface area contributed by atoms with Gasteiger partial charge in [0.2, 0.25) is 5.52 Å². The van der Waals surface area contributed by atoms with Crippen molar-refractivity contribution in [2.24, 2.45) is 0 Å². The third-order valence-corrected chi connectivity index (χ3v) is 4.18. The van der Waals surface area contributed by atoms with Gasteiger partial charge in [-0.3, -0.25) is 10.1 Å². The average Bonchev–Trinajstić information content (AvgIpc) is 2.94. The van der Waals surface area contributed by atoms with Gasteiger partial charge in [-0.1, -0.05) is 0 Å². The number of nitrogens with zero attached hydrogens (tertiary/aromatic N) is 5. The predicted octanol–water partition coefficient (Wildman–Crippen LogP) is 1.66. The molecule has 8 nitrogen and oxygen atoms in total. The van der Waals surface area contributed by atoms with Gasteiger partial charge in [-0.25, -0.2) is 4.63 Å². The van der Waals surface area contributed by atoms with Crippen molar-refractivity contribution < 1.29 is 9.55 Å². The maximum absolute atomic E-state index is 11.4. The first-order chi connectivity index (χ1) is 10.1. The fourth-order valence-corrected chi connectivity index (χ4v) is 2.87. The molecule has 0 radical (unpaired) electrons. The van der Waals surface area contributed by atoms with Crippen LogP contribution in [-0.4, -0.2) is 53.4 Å². The molecule has 0 amide bonds. The number of aromatic nitrogens is 2. The third-order valence-electron chi connectivity index (χ3n) is 4.18. The van der Waals surface area contributed by atoms with E-state index in [0.29, 0.717) is 11.2 Å². The molecule has 0 unspecified atom stereocenters. The summed E-state index contributed by atoms with van der Waals surface area (Å²) >= 11 is 0. The molecule has 2 aromatic rings. The zero-order valence-corrected chi connectivity index (χ0v) is 12.0. The predicted molar refractivity (Wildman–Crippen MR) is 77.4 cm³/mol. The Bertz CT molecular complexity index is 663. The number of rotatable bonds is 3. The molecule has 0 N–H and O–H groups in total. The monoisotopic (exact) mass is 291 g/mol. The van der Waals surface area contributed by atoms with Crippen LogP contribution in [0.5, 0.6) is 0 Å². The Morgan fingerprint density at radius 3 is 2.76 bits per heavy atom. The highest BCUT2D eigenvalue weighted by molar-refractivity contribution is 5.91. The lowest BCUT2D eigenvalue weighted by molar-refractivity contribution is -0.382. The number of hydrogen-bond acceptors (Lipinski definition) is 7. The van der Waals surface area contributed by atoms with E-state index in [1.807, 2.05) is 11.9 Å². The third kappa shape index (κ3) is 2.42. The van der Waals surface area contributed by atoms with Crippen molar-refractivity contribution in [3.63, 3.8) is 0 Å². The van der Waals surface area contributed by atoms with Crippen molar-refractivity contribution in [3.8, 4) is 0 Å². The summed E-state index contributed by atoms with van der Waals surface area (Å²) in [4.78, 5) is 15.3. The first-order valence-corrected chi connectivity index (χ1v) is 6.89. The first-order valence-electron chi connectivity index (χ1n) is 6.89. The van der Waals surface area contributed by atoms with Crippen molar-refractivity contribution in [1.82, 2.24) is 15.2 Å². The van der Waals surface area contributed by atoms with Crippen LogP contribution in [0.2, 0.25) is 0 Å². The minimum atomic E-state index is -0.409. The van der Waals surface area contributed by atoms with Gasteiger partial charge in [0.1, 0.15) is 11.2 Å². The van der Waals surface area contributed by atoms with Crippen LogP contribution < -0.4 is 4.90 Å². The molecule has 21 heavy (non-hydrogen) atoms. The smallest absolute Gasteiger partial charge is 0.323 e. The van der Waals surface area contributed by atoms with Crippen LogP contribution in [0.25, 0.3) is 11.0 Å². The summed E-state index contributed by atoms with van der Waals surface area (Å²) in [5.74, 6) is 0. The lowest BCUT2D eigenvalue weighted by Crippen LogP contribution is -2.42. The van der Waals surface area contributed by atoms with Gasteiger partial charge in [-0.05, 0) is 55.4 Å². The van der Waals surface area contributed by atoms with Crippen LogP contribution >= 0.6 is 0 Å². The van der Waals surface area contributed by atoms with Gasteiger partial charge in [-0.15, -0.1) is 0 Å². The zero-order chi connectivity index (χ0) is 15.0. The molecule has 1 saturated heterocycles. The quantitative estimate of drug-likeness (QED) is 0.627. The van der Waals surface area contributed by atoms with Crippen LogP contribution in [-0.2, 0) is 0 Å². The molecule has 1 aliphatic rings. The maximum Gasteiger partial charge on any atom is 0.323 e. The van der Waals surface area contributed by atoms with Crippen molar-refractivity contribution in [2.45, 2.75) is 18.9 Å². The molecule has 0 spiro atoms. The molecule has 8 heteroatoms. The van der Waals surface area contributed by atoms with Crippen LogP contribution in [0.3, 0.4) is 0 Å². The molecule has 2 heterocycles. The summed E-state index contributed by atoms with van der Waals surface area (Å²) in [5.41, 5.74) is 1.15. The van der Waals surface area contributed by atoms with Crippen molar-refractivity contribution in [3.05, 3.63) is 22.2 Å². The van der Waals surface area contributed by atoms with Gasteiger partial charge in [0, 0.05) is 13.1 Å². The number of piperidine rings is 1. The molecule has 0 bridgehead atoms. The first kappa shape index (κ1) is 13.7. The molecule has 3 rings (SSSR count). The minimum Gasteiger partial charge on any atom is -0.366 e. The Morgan fingerprint density at radius 2 is 2.10 bits per heavy atom. The Balaban J connectivity index is 1.99. The molecule has 0 aliphatic carbocycles. The van der Waals surface area contributed by atoms with Crippen LogP contribution in [0.1, 0.15) is 12.8 Å². The van der Waals surface area contributed by atoms with E-state index in [9.17, 15) is 10.1 Å². The maximum atomic E-state index is 11.4. The molecule has 1 aromatic heterocycles. The molecular weight excluding hydrogens is 274 g/mol. The fraction of sp³-hybridized carbons (Fsp3) is 0.538. The van der Waals surface area contributed by atoms with E-state index in [1.165, 1.54) is 0 Å². The van der Waals surface area contributed by atoms with Gasteiger partial charge < -0.3 is 9.80 Å². The van der Waals surface area contributed by atoms with Gasteiger partial charge >= 0.3 is 5.69 Å². The average molecular weight is 291 g/mol. The molecule has 112 valence electrons. The van der Waals surface area contributed by atoms with Crippen LogP contribution in [0.15, 0.2) is 16.8 Å². The highest BCUT2D eigenvalue weighted by Crippen LogP contribution is 2.35. The number of likely N-dealkylation sites (tertiary alicyclic amines) is 1. The molecule has 0 saturated carbocycles. The second-order valence-corrected chi connectivity index (χ2v) is 5.47. The molecule has 1 aliphatic heterocycles. The van der Waals surface area contributed by atoms with E-state index in [4.69, 9.17) is 0 Å². The van der Waals surface area contributed by atoms with E-state index < -0.39 is 4.92 Å². The second kappa shape index (κ2) is 5.28. The number of benzene rings is 1. The normalized spacial score (nSPS) is 17.2. The van der Waals surface area contributed by atoms with E-state index in [-0.39, 0.29) is 17.2 Å². The van der Waals surface area contributed by atoms with E-state index >= 15 is 0 Å². The second-order valence-electron chi connectivity index (χ2n) is 5.47. The number of nitro benzene ring substituents is 1. The van der Waals surface area contributed by atoms with Gasteiger partial charge in [0.15, 0.2) is 0 Å². The highest BCUT2D eigenvalue weighted by Gasteiger charge is 2.29. The summed E-state index contributed by atoms with van der Waals surface area (Å²) in [5, 5.41) is 18.8. The van der Waals surface area contributed by atoms with Gasteiger partial charge in [0.05, 0.1) is 4.92 Å². The Hall–Kier alpha value is -2.22. The lowest BCUT2D eigenvalue weighted by Gasteiger charge is -2.36. The summed E-state index contributed by atoms with van der Waals surface area (Å²) in [6, 6.07) is 3.72. The Labute approximate surface area is 121 Å². The largest absolute Gasteiger partial charge is 0.366 e. The molecule has 0 atom stereocenters. The van der Waals surface area contributed by atoms with Crippen LogP contribution in [0, 0.1) is 10.1 Å². The summed E-state index contributed by atoms with van der Waals surface area (Å²) in [6.07, 6.45) is 1.97.